The number of ether oxygens (including phenoxy) is 1. The SMILES string of the molecule is COC(=O)CCNC(=O)c1ccc(NC(=O)[C@H]2CNC[C@@H]2c2cnn(C)c2)cc1.Cl. The molecular weight excluding hydrogens is 410 g/mol. The van der Waals surface area contributed by atoms with Crippen molar-refractivity contribution in [2.75, 3.05) is 32.1 Å². The highest BCUT2D eigenvalue weighted by molar-refractivity contribution is 5.96. The Morgan fingerprint density at radius 1 is 1.23 bits per heavy atom. The molecular formula is C20H26ClN5O4. The number of rotatable bonds is 7. The van der Waals surface area contributed by atoms with Crippen molar-refractivity contribution >= 4 is 35.9 Å². The molecule has 0 spiro atoms. The second kappa shape index (κ2) is 10.7. The van der Waals surface area contributed by atoms with Crippen LogP contribution in [0.5, 0.6) is 0 Å². The minimum atomic E-state index is -0.380. The van der Waals surface area contributed by atoms with E-state index < -0.39 is 0 Å². The third-order valence-electron chi connectivity index (χ3n) is 4.96. The lowest BCUT2D eigenvalue weighted by atomic mass is 9.90. The summed E-state index contributed by atoms with van der Waals surface area (Å²) in [5.74, 6) is -0.860. The number of hydrogen-bond donors (Lipinski definition) is 3. The Morgan fingerprint density at radius 3 is 2.60 bits per heavy atom. The van der Waals surface area contributed by atoms with E-state index in [4.69, 9.17) is 0 Å². The number of esters is 1. The van der Waals surface area contributed by atoms with Gasteiger partial charge in [-0.3, -0.25) is 19.1 Å². The first kappa shape index (κ1) is 23.4. The van der Waals surface area contributed by atoms with Gasteiger partial charge in [0.2, 0.25) is 5.91 Å². The molecule has 0 aliphatic carbocycles. The summed E-state index contributed by atoms with van der Waals surface area (Å²) in [6, 6.07) is 6.65. The summed E-state index contributed by atoms with van der Waals surface area (Å²) in [7, 11) is 3.16. The molecule has 2 heterocycles. The Bertz CT molecular complexity index is 884. The van der Waals surface area contributed by atoms with Crippen molar-refractivity contribution in [1.29, 1.82) is 0 Å². The van der Waals surface area contributed by atoms with E-state index >= 15 is 0 Å². The molecule has 0 radical (unpaired) electrons. The predicted molar refractivity (Wildman–Crippen MR) is 114 cm³/mol. The summed E-state index contributed by atoms with van der Waals surface area (Å²) in [5.41, 5.74) is 2.11. The maximum absolute atomic E-state index is 12.8. The fourth-order valence-electron chi connectivity index (χ4n) is 3.36. The van der Waals surface area contributed by atoms with Crippen molar-refractivity contribution in [2.24, 2.45) is 13.0 Å². The number of methoxy groups -OCH3 is 1. The molecule has 3 rings (SSSR count). The largest absolute Gasteiger partial charge is 0.469 e. The highest BCUT2D eigenvalue weighted by atomic mass is 35.5. The molecule has 1 aromatic carbocycles. The van der Waals surface area contributed by atoms with E-state index in [-0.39, 0.29) is 55.0 Å². The van der Waals surface area contributed by atoms with Crippen molar-refractivity contribution in [2.45, 2.75) is 12.3 Å². The lowest BCUT2D eigenvalue weighted by molar-refractivity contribution is -0.140. The number of nitrogens with zero attached hydrogens (tertiary/aromatic N) is 2. The van der Waals surface area contributed by atoms with E-state index in [9.17, 15) is 14.4 Å². The van der Waals surface area contributed by atoms with Crippen molar-refractivity contribution in [1.82, 2.24) is 20.4 Å². The Kier molecular flexibility index (Phi) is 8.37. The molecule has 1 saturated heterocycles. The van der Waals surface area contributed by atoms with Crippen LogP contribution in [-0.2, 0) is 21.4 Å². The summed E-state index contributed by atoms with van der Waals surface area (Å²) in [5, 5.41) is 13.0. The average molecular weight is 436 g/mol. The van der Waals surface area contributed by atoms with Gasteiger partial charge in [-0.25, -0.2) is 0 Å². The number of amides is 2. The first-order valence-electron chi connectivity index (χ1n) is 9.43. The number of hydrogen-bond acceptors (Lipinski definition) is 6. The van der Waals surface area contributed by atoms with Gasteiger partial charge in [-0.1, -0.05) is 0 Å². The number of carbonyl (C=O) groups is 3. The second-order valence-corrected chi connectivity index (χ2v) is 6.97. The van der Waals surface area contributed by atoms with Gasteiger partial charge in [0.1, 0.15) is 0 Å². The summed E-state index contributed by atoms with van der Waals surface area (Å²) in [6.45, 7) is 1.54. The van der Waals surface area contributed by atoms with Crippen molar-refractivity contribution in [3.8, 4) is 0 Å². The Balaban J connectivity index is 0.00000320. The van der Waals surface area contributed by atoms with E-state index in [0.717, 1.165) is 12.1 Å². The Hall–Kier alpha value is -2.91. The van der Waals surface area contributed by atoms with Crippen LogP contribution in [0.2, 0.25) is 0 Å². The van der Waals surface area contributed by atoms with Crippen LogP contribution >= 0.6 is 12.4 Å². The quantitative estimate of drug-likeness (QED) is 0.560. The molecule has 2 atom stereocenters. The van der Waals surface area contributed by atoms with Gasteiger partial charge in [-0.15, -0.1) is 12.4 Å². The molecule has 3 N–H and O–H groups in total. The number of halogens is 1. The molecule has 1 aromatic heterocycles. The molecule has 1 aliphatic rings. The van der Waals surface area contributed by atoms with E-state index in [0.29, 0.717) is 17.8 Å². The Morgan fingerprint density at radius 2 is 1.97 bits per heavy atom. The van der Waals surface area contributed by atoms with Crippen LogP contribution in [0.4, 0.5) is 5.69 Å². The average Bonchev–Trinajstić information content (AvgIpc) is 3.37. The van der Waals surface area contributed by atoms with Crippen molar-refractivity contribution < 1.29 is 19.1 Å². The van der Waals surface area contributed by atoms with Gasteiger partial charge in [0, 0.05) is 50.0 Å². The van der Waals surface area contributed by atoms with Gasteiger partial charge in [-0.2, -0.15) is 5.10 Å². The number of aromatic nitrogens is 2. The van der Waals surface area contributed by atoms with Gasteiger partial charge >= 0.3 is 5.97 Å². The highest BCUT2D eigenvalue weighted by Gasteiger charge is 2.34. The predicted octanol–water partition coefficient (Wildman–Crippen LogP) is 1.08. The van der Waals surface area contributed by atoms with Crippen LogP contribution in [0.1, 0.15) is 28.3 Å². The first-order chi connectivity index (χ1) is 14.0. The van der Waals surface area contributed by atoms with Gasteiger partial charge in [-0.05, 0) is 29.8 Å². The lowest BCUT2D eigenvalue weighted by Gasteiger charge is -2.17. The first-order valence-corrected chi connectivity index (χ1v) is 9.43. The number of nitrogens with one attached hydrogen (secondary N) is 3. The summed E-state index contributed by atoms with van der Waals surface area (Å²) in [6.07, 6.45) is 3.85. The zero-order valence-corrected chi connectivity index (χ0v) is 17.7. The monoisotopic (exact) mass is 435 g/mol. The van der Waals surface area contributed by atoms with Crippen LogP contribution in [-0.4, -0.2) is 54.3 Å². The van der Waals surface area contributed by atoms with Gasteiger partial charge in [0.15, 0.2) is 0 Å². The molecule has 1 aliphatic heterocycles. The van der Waals surface area contributed by atoms with E-state index in [1.807, 2.05) is 13.2 Å². The van der Waals surface area contributed by atoms with E-state index in [1.165, 1.54) is 7.11 Å². The molecule has 2 amide bonds. The smallest absolute Gasteiger partial charge is 0.307 e. The van der Waals surface area contributed by atoms with Crippen LogP contribution in [0.3, 0.4) is 0 Å². The van der Waals surface area contributed by atoms with Crippen LogP contribution in [0, 0.1) is 5.92 Å². The van der Waals surface area contributed by atoms with E-state index in [2.05, 4.69) is 25.8 Å². The third kappa shape index (κ3) is 5.80. The summed E-state index contributed by atoms with van der Waals surface area (Å²) < 4.78 is 6.26. The molecule has 2 aromatic rings. The van der Waals surface area contributed by atoms with Crippen LogP contribution in [0.25, 0.3) is 0 Å². The molecule has 10 heteroatoms. The zero-order valence-electron chi connectivity index (χ0n) is 16.9. The molecule has 0 saturated carbocycles. The zero-order chi connectivity index (χ0) is 20.8. The summed E-state index contributed by atoms with van der Waals surface area (Å²) in [4.78, 5) is 35.9. The molecule has 1 fully saturated rings. The van der Waals surface area contributed by atoms with Gasteiger partial charge in [0.25, 0.3) is 5.91 Å². The van der Waals surface area contributed by atoms with Crippen molar-refractivity contribution in [3.05, 3.63) is 47.8 Å². The number of anilines is 1. The third-order valence-corrected chi connectivity index (χ3v) is 4.96. The number of carbonyl (C=O) groups excluding carboxylic acids is 3. The molecule has 30 heavy (non-hydrogen) atoms. The molecule has 162 valence electrons. The van der Waals surface area contributed by atoms with E-state index in [1.54, 1.807) is 35.1 Å². The standard InChI is InChI=1S/C20H25N5O4.ClH/c1-25-12-14(9-23-25)16-10-21-11-17(16)20(28)24-15-5-3-13(4-6-15)19(27)22-8-7-18(26)29-2;/h3-6,9,12,16-17,21H,7-8,10-11H2,1-2H3,(H,22,27)(H,24,28);1H/t16-,17+;/m1./s1. The number of benzene rings is 1. The van der Waals surface area contributed by atoms with Gasteiger partial charge < -0.3 is 20.7 Å². The highest BCUT2D eigenvalue weighted by Crippen LogP contribution is 2.28. The Labute approximate surface area is 181 Å². The topological polar surface area (TPSA) is 114 Å². The fraction of sp³-hybridized carbons (Fsp3) is 0.400. The minimum absolute atomic E-state index is 0. The van der Waals surface area contributed by atoms with Crippen LogP contribution in [0.15, 0.2) is 36.7 Å². The number of aryl methyl sites for hydroxylation is 1. The maximum atomic E-state index is 12.8. The normalized spacial score (nSPS) is 17.7. The minimum Gasteiger partial charge on any atom is -0.469 e. The maximum Gasteiger partial charge on any atom is 0.307 e. The lowest BCUT2D eigenvalue weighted by Crippen LogP contribution is -2.28. The van der Waals surface area contributed by atoms with Crippen molar-refractivity contribution in [3.63, 3.8) is 0 Å². The van der Waals surface area contributed by atoms with Crippen LogP contribution < -0.4 is 16.0 Å². The summed E-state index contributed by atoms with van der Waals surface area (Å²) >= 11 is 0. The molecule has 0 bridgehead atoms. The fourth-order valence-corrected chi connectivity index (χ4v) is 3.36. The molecule has 9 nitrogen and oxygen atoms in total. The molecule has 0 unspecified atom stereocenters. The second-order valence-electron chi connectivity index (χ2n) is 6.97. The van der Waals surface area contributed by atoms with Gasteiger partial charge in [0.05, 0.1) is 25.6 Å².